The second-order valence-electron chi connectivity index (χ2n) is 3.07. The topological polar surface area (TPSA) is 3.24 Å². The molecule has 1 aromatic rings. The molecule has 1 heteroatoms. The molecule has 0 atom stereocenters. The lowest BCUT2D eigenvalue weighted by atomic mass is 10.0. The smallest absolute Gasteiger partial charge is 0.00421 e. The summed E-state index contributed by atoms with van der Waals surface area (Å²) in [6.07, 6.45) is 1.15. The van der Waals surface area contributed by atoms with Crippen molar-refractivity contribution in [2.24, 2.45) is 0 Å². The van der Waals surface area contributed by atoms with E-state index in [2.05, 4.69) is 36.2 Å². The van der Waals surface area contributed by atoms with E-state index in [1.165, 1.54) is 11.1 Å². The van der Waals surface area contributed by atoms with Gasteiger partial charge in [-0.25, -0.2) is 0 Å². The fourth-order valence-corrected chi connectivity index (χ4v) is 1.55. The maximum absolute atomic E-state index is 3.93. The van der Waals surface area contributed by atoms with Gasteiger partial charge in [-0.3, -0.25) is 7.05 Å². The van der Waals surface area contributed by atoms with Crippen molar-refractivity contribution in [3.05, 3.63) is 42.4 Å². The van der Waals surface area contributed by atoms with Crippen LogP contribution in [0.4, 0.5) is 0 Å². The Hall–Kier alpha value is -0.820. The van der Waals surface area contributed by atoms with Crippen molar-refractivity contribution >= 4 is 0 Å². The van der Waals surface area contributed by atoms with Crippen LogP contribution in [-0.4, -0.2) is 11.4 Å². The van der Waals surface area contributed by atoms with E-state index in [0.29, 0.717) is 0 Å². The number of nitrogens with zero attached hydrogens (tertiary/aromatic N) is 1. The molecule has 1 aliphatic rings. The van der Waals surface area contributed by atoms with Crippen LogP contribution in [0.15, 0.2) is 24.3 Å². The first kappa shape index (κ1) is 6.86. The minimum atomic E-state index is 1.01. The Morgan fingerprint density at radius 1 is 1.18 bits per heavy atom. The van der Waals surface area contributed by atoms with E-state index in [4.69, 9.17) is 0 Å². The van der Waals surface area contributed by atoms with E-state index in [1.807, 2.05) is 0 Å². The summed E-state index contributed by atoms with van der Waals surface area (Å²) in [7, 11) is 3.93. The zero-order valence-corrected chi connectivity index (χ0v) is 6.59. The normalized spacial score (nSPS) is 17.9. The summed E-state index contributed by atoms with van der Waals surface area (Å²) in [4.78, 5) is 2.11. The average Bonchev–Trinajstić information content (AvgIpc) is 2.04. The summed E-state index contributed by atoms with van der Waals surface area (Å²) < 4.78 is 0. The summed E-state index contributed by atoms with van der Waals surface area (Å²) in [6, 6.07) is 8.60. The second kappa shape index (κ2) is 2.67. The van der Waals surface area contributed by atoms with Crippen molar-refractivity contribution < 1.29 is 0 Å². The number of fused-ring (bicyclic) bond motifs is 1. The Kier molecular flexibility index (Phi) is 1.66. The summed E-state index contributed by atoms with van der Waals surface area (Å²) in [5, 5.41) is 0. The van der Waals surface area contributed by atoms with Gasteiger partial charge in [0, 0.05) is 0 Å². The highest BCUT2D eigenvalue weighted by atomic mass is 15.1. The molecule has 0 radical (unpaired) electrons. The van der Waals surface area contributed by atoms with Crippen molar-refractivity contribution in [2.45, 2.75) is 13.0 Å². The average molecular weight is 146 g/mol. The van der Waals surface area contributed by atoms with Gasteiger partial charge in [-0.2, -0.15) is 0 Å². The van der Waals surface area contributed by atoms with E-state index < -0.39 is 0 Å². The van der Waals surface area contributed by atoms with Gasteiger partial charge in [0.1, 0.15) is 0 Å². The van der Waals surface area contributed by atoms with E-state index >= 15 is 0 Å². The van der Waals surface area contributed by atoms with Crippen LogP contribution in [0.5, 0.6) is 0 Å². The van der Waals surface area contributed by atoms with Crippen LogP contribution in [0, 0.1) is 7.05 Å². The van der Waals surface area contributed by atoms with Gasteiger partial charge in [-0.05, 0) is 30.6 Å². The molecular formula is C10H12N-. The minimum Gasteiger partial charge on any atom is -0.455 e. The lowest BCUT2D eigenvalue weighted by Gasteiger charge is -2.31. The van der Waals surface area contributed by atoms with Crippen LogP contribution < -0.4 is 0 Å². The number of hydrogen-bond acceptors (Lipinski definition) is 1. The molecule has 0 saturated heterocycles. The SMILES string of the molecule is [CH2-]N1CCc2ccccc2C1. The Bertz CT molecular complexity index is 255. The monoisotopic (exact) mass is 146 g/mol. The van der Waals surface area contributed by atoms with Crippen molar-refractivity contribution in [1.82, 2.24) is 4.90 Å². The van der Waals surface area contributed by atoms with Crippen LogP contribution in [0.25, 0.3) is 0 Å². The molecule has 0 unspecified atom stereocenters. The molecule has 0 bridgehead atoms. The van der Waals surface area contributed by atoms with Crippen molar-refractivity contribution in [2.75, 3.05) is 6.54 Å². The lowest BCUT2D eigenvalue weighted by molar-refractivity contribution is 0.347. The van der Waals surface area contributed by atoms with Gasteiger partial charge in [-0.15, -0.1) is 0 Å². The van der Waals surface area contributed by atoms with Crippen molar-refractivity contribution in [3.63, 3.8) is 0 Å². The molecule has 1 aromatic carbocycles. The largest absolute Gasteiger partial charge is 0.455 e. The first-order valence-corrected chi connectivity index (χ1v) is 3.98. The molecule has 0 N–H and O–H groups in total. The third kappa shape index (κ3) is 1.29. The third-order valence-corrected chi connectivity index (χ3v) is 2.21. The maximum Gasteiger partial charge on any atom is -0.00421 e. The highest BCUT2D eigenvalue weighted by Gasteiger charge is 2.07. The number of hydrogen-bond donors (Lipinski definition) is 0. The summed E-state index contributed by atoms with van der Waals surface area (Å²) in [5.41, 5.74) is 2.93. The van der Waals surface area contributed by atoms with E-state index in [-0.39, 0.29) is 0 Å². The lowest BCUT2D eigenvalue weighted by Crippen LogP contribution is -2.24. The molecule has 1 aliphatic heterocycles. The van der Waals surface area contributed by atoms with Crippen LogP contribution in [0.3, 0.4) is 0 Å². The summed E-state index contributed by atoms with van der Waals surface area (Å²) in [5.74, 6) is 0. The zero-order valence-electron chi connectivity index (χ0n) is 6.59. The molecule has 11 heavy (non-hydrogen) atoms. The first-order chi connectivity index (χ1) is 5.36. The number of benzene rings is 1. The van der Waals surface area contributed by atoms with Crippen molar-refractivity contribution in [1.29, 1.82) is 0 Å². The molecule has 1 heterocycles. The predicted molar refractivity (Wildman–Crippen MR) is 45.9 cm³/mol. The van der Waals surface area contributed by atoms with E-state index in [1.54, 1.807) is 0 Å². The predicted octanol–water partition coefficient (Wildman–Crippen LogP) is 1.84. The highest BCUT2D eigenvalue weighted by Crippen LogP contribution is 2.16. The molecule has 0 spiro atoms. The van der Waals surface area contributed by atoms with Gasteiger partial charge >= 0.3 is 0 Å². The fraction of sp³-hybridized carbons (Fsp3) is 0.300. The first-order valence-electron chi connectivity index (χ1n) is 3.98. The maximum atomic E-state index is 3.93. The molecule has 0 aromatic heterocycles. The molecule has 1 nitrogen and oxygen atoms in total. The van der Waals surface area contributed by atoms with Crippen LogP contribution >= 0.6 is 0 Å². The number of rotatable bonds is 0. The van der Waals surface area contributed by atoms with E-state index in [0.717, 1.165) is 19.5 Å². The van der Waals surface area contributed by atoms with Gasteiger partial charge in [-0.1, -0.05) is 24.3 Å². The summed E-state index contributed by atoms with van der Waals surface area (Å²) in [6.45, 7) is 2.10. The highest BCUT2D eigenvalue weighted by molar-refractivity contribution is 5.28. The second-order valence-corrected chi connectivity index (χ2v) is 3.07. The van der Waals surface area contributed by atoms with Gasteiger partial charge in [0.25, 0.3) is 0 Å². The minimum absolute atomic E-state index is 1.01. The third-order valence-electron chi connectivity index (χ3n) is 2.21. The van der Waals surface area contributed by atoms with Gasteiger partial charge in [0.2, 0.25) is 0 Å². The molecule has 0 saturated carbocycles. The van der Waals surface area contributed by atoms with Crippen LogP contribution in [0.1, 0.15) is 11.1 Å². The van der Waals surface area contributed by atoms with Crippen LogP contribution in [-0.2, 0) is 13.0 Å². The Morgan fingerprint density at radius 2 is 1.91 bits per heavy atom. The standard InChI is InChI=1S/C10H12N/c1-11-7-6-9-4-2-3-5-10(9)8-11/h2-5H,1,6-8H2/q-1. The molecule has 2 rings (SSSR count). The zero-order chi connectivity index (χ0) is 7.68. The summed E-state index contributed by atoms with van der Waals surface area (Å²) >= 11 is 0. The Morgan fingerprint density at radius 3 is 2.73 bits per heavy atom. The molecule has 0 fully saturated rings. The molecular weight excluding hydrogens is 134 g/mol. The van der Waals surface area contributed by atoms with Crippen molar-refractivity contribution in [3.8, 4) is 0 Å². The van der Waals surface area contributed by atoms with Crippen LogP contribution in [0.2, 0.25) is 0 Å². The molecule has 58 valence electrons. The Balaban J connectivity index is 2.34. The Labute approximate surface area is 67.6 Å². The quantitative estimate of drug-likeness (QED) is 0.505. The van der Waals surface area contributed by atoms with E-state index in [9.17, 15) is 0 Å². The van der Waals surface area contributed by atoms with Gasteiger partial charge < -0.3 is 4.90 Å². The van der Waals surface area contributed by atoms with Gasteiger partial charge in [0.15, 0.2) is 0 Å². The fourth-order valence-electron chi connectivity index (χ4n) is 1.55. The molecule has 0 aliphatic carbocycles. The molecule has 0 amide bonds. The van der Waals surface area contributed by atoms with Gasteiger partial charge in [0.05, 0.1) is 0 Å².